The molecule has 0 radical (unpaired) electrons. The van der Waals surface area contributed by atoms with Gasteiger partial charge in [-0.05, 0) is 20.5 Å². The molecule has 1 rings (SSSR count). The van der Waals surface area contributed by atoms with Crippen LogP contribution < -0.4 is 5.32 Å². The topological polar surface area (TPSA) is 44.7 Å². The van der Waals surface area contributed by atoms with Gasteiger partial charge in [-0.2, -0.15) is 0 Å². The van der Waals surface area contributed by atoms with Gasteiger partial charge < -0.3 is 20.1 Å². The van der Waals surface area contributed by atoms with Crippen LogP contribution in [-0.2, 0) is 4.74 Å². The minimum Gasteiger partial charge on any atom is -0.395 e. The van der Waals surface area contributed by atoms with Crippen LogP contribution in [0.1, 0.15) is 6.42 Å². The number of hydrogen-bond acceptors (Lipinski definition) is 4. The monoisotopic (exact) mass is 202 g/mol. The maximum atomic E-state index is 9.22. The Balaban J connectivity index is 2.17. The number of aliphatic hydroxyl groups is 1. The molecule has 1 fully saturated rings. The lowest BCUT2D eigenvalue weighted by Gasteiger charge is -2.22. The summed E-state index contributed by atoms with van der Waals surface area (Å²) in [6.45, 7) is 3.77. The molecule has 0 bridgehead atoms. The second kappa shape index (κ2) is 6.35. The predicted octanol–water partition coefficient (Wildman–Crippen LogP) is -0.465. The van der Waals surface area contributed by atoms with Crippen LogP contribution >= 0.6 is 0 Å². The first kappa shape index (κ1) is 11.9. The summed E-state index contributed by atoms with van der Waals surface area (Å²) in [5.74, 6) is 0.488. The number of hydrogen-bond donors (Lipinski definition) is 2. The van der Waals surface area contributed by atoms with E-state index in [0.717, 1.165) is 32.7 Å². The van der Waals surface area contributed by atoms with Gasteiger partial charge in [-0.3, -0.25) is 0 Å². The van der Waals surface area contributed by atoms with Crippen molar-refractivity contribution in [3.05, 3.63) is 0 Å². The molecule has 0 aromatic heterocycles. The minimum atomic E-state index is 0.206. The third kappa shape index (κ3) is 3.92. The third-order valence-corrected chi connectivity index (χ3v) is 2.70. The summed E-state index contributed by atoms with van der Waals surface area (Å²) >= 11 is 0. The molecule has 84 valence electrons. The molecular weight excluding hydrogens is 180 g/mol. The lowest BCUT2D eigenvalue weighted by molar-refractivity contribution is 0.153. The van der Waals surface area contributed by atoms with Crippen LogP contribution in [0.4, 0.5) is 0 Å². The molecule has 2 atom stereocenters. The molecule has 0 aromatic rings. The van der Waals surface area contributed by atoms with Crippen molar-refractivity contribution >= 4 is 0 Å². The fourth-order valence-electron chi connectivity index (χ4n) is 1.72. The Hall–Kier alpha value is -0.160. The van der Waals surface area contributed by atoms with Gasteiger partial charge >= 0.3 is 0 Å². The zero-order valence-corrected chi connectivity index (χ0v) is 9.20. The Kier molecular flexibility index (Phi) is 5.40. The van der Waals surface area contributed by atoms with Gasteiger partial charge in [0.15, 0.2) is 0 Å². The van der Waals surface area contributed by atoms with Crippen molar-refractivity contribution in [2.24, 2.45) is 5.92 Å². The lowest BCUT2D eigenvalue weighted by Crippen LogP contribution is -2.42. The lowest BCUT2D eigenvalue weighted by atomic mass is 10.00. The second-order valence-electron chi connectivity index (χ2n) is 4.17. The highest BCUT2D eigenvalue weighted by atomic mass is 16.5. The van der Waals surface area contributed by atoms with E-state index in [1.165, 1.54) is 0 Å². The molecule has 1 saturated heterocycles. The van der Waals surface area contributed by atoms with Gasteiger partial charge in [-0.25, -0.2) is 0 Å². The quantitative estimate of drug-likeness (QED) is 0.611. The fraction of sp³-hybridized carbons (Fsp3) is 1.00. The molecular formula is C10H22N2O2. The highest BCUT2D eigenvalue weighted by Gasteiger charge is 2.24. The molecule has 2 unspecified atom stereocenters. The molecule has 1 heterocycles. The Morgan fingerprint density at radius 2 is 2.36 bits per heavy atom. The predicted molar refractivity (Wildman–Crippen MR) is 56.4 cm³/mol. The smallest absolute Gasteiger partial charge is 0.0588 e. The maximum Gasteiger partial charge on any atom is 0.0588 e. The summed E-state index contributed by atoms with van der Waals surface area (Å²) in [6.07, 6.45) is 1.07. The highest BCUT2D eigenvalue weighted by Crippen LogP contribution is 2.16. The summed E-state index contributed by atoms with van der Waals surface area (Å²) in [7, 11) is 4.10. The van der Waals surface area contributed by atoms with Crippen LogP contribution in [0.2, 0.25) is 0 Å². The first-order chi connectivity index (χ1) is 6.74. The van der Waals surface area contributed by atoms with Crippen molar-refractivity contribution in [1.29, 1.82) is 0 Å². The van der Waals surface area contributed by atoms with Gasteiger partial charge in [0.05, 0.1) is 13.2 Å². The van der Waals surface area contributed by atoms with Crippen molar-refractivity contribution in [2.75, 3.05) is 47.0 Å². The molecule has 0 saturated carbocycles. The molecule has 0 aliphatic carbocycles. The van der Waals surface area contributed by atoms with Gasteiger partial charge in [-0.1, -0.05) is 0 Å². The van der Waals surface area contributed by atoms with Crippen molar-refractivity contribution in [3.63, 3.8) is 0 Å². The Bertz CT molecular complexity index is 147. The van der Waals surface area contributed by atoms with E-state index in [0.29, 0.717) is 5.92 Å². The molecule has 1 aliphatic rings. The van der Waals surface area contributed by atoms with E-state index in [2.05, 4.69) is 10.2 Å². The summed E-state index contributed by atoms with van der Waals surface area (Å²) < 4.78 is 5.31. The zero-order valence-electron chi connectivity index (χ0n) is 9.20. The average molecular weight is 202 g/mol. The minimum absolute atomic E-state index is 0.206. The standard InChI is InChI=1S/C10H22N2O2/c1-12(2)5-4-11-10(7-13)9-3-6-14-8-9/h9-11,13H,3-8H2,1-2H3. The van der Waals surface area contributed by atoms with Crippen LogP contribution in [0.15, 0.2) is 0 Å². The normalized spacial score (nSPS) is 24.4. The van der Waals surface area contributed by atoms with Gasteiger partial charge in [0.2, 0.25) is 0 Å². The number of nitrogens with one attached hydrogen (secondary N) is 1. The van der Waals surface area contributed by atoms with Gasteiger partial charge in [-0.15, -0.1) is 0 Å². The molecule has 14 heavy (non-hydrogen) atoms. The van der Waals surface area contributed by atoms with Crippen molar-refractivity contribution in [1.82, 2.24) is 10.2 Å². The summed E-state index contributed by atoms with van der Waals surface area (Å²) in [5, 5.41) is 12.6. The Morgan fingerprint density at radius 1 is 1.57 bits per heavy atom. The first-order valence-electron chi connectivity index (χ1n) is 5.30. The van der Waals surface area contributed by atoms with Crippen molar-refractivity contribution in [2.45, 2.75) is 12.5 Å². The molecule has 1 aliphatic heterocycles. The molecule has 0 amide bonds. The van der Waals surface area contributed by atoms with Gasteiger partial charge in [0, 0.05) is 31.7 Å². The molecule has 2 N–H and O–H groups in total. The van der Waals surface area contributed by atoms with E-state index in [1.807, 2.05) is 14.1 Å². The van der Waals surface area contributed by atoms with E-state index >= 15 is 0 Å². The molecule has 4 heteroatoms. The van der Waals surface area contributed by atoms with Gasteiger partial charge in [0.25, 0.3) is 0 Å². The average Bonchev–Trinajstić information content (AvgIpc) is 2.64. The number of likely N-dealkylation sites (N-methyl/N-ethyl adjacent to an activating group) is 1. The zero-order chi connectivity index (χ0) is 10.4. The SMILES string of the molecule is CN(C)CCNC(CO)C1CCOC1. The van der Waals surface area contributed by atoms with Crippen LogP contribution in [0, 0.1) is 5.92 Å². The number of ether oxygens (including phenoxy) is 1. The van der Waals surface area contributed by atoms with Crippen LogP contribution in [0.25, 0.3) is 0 Å². The van der Waals surface area contributed by atoms with E-state index in [-0.39, 0.29) is 12.6 Å². The summed E-state index contributed by atoms with van der Waals surface area (Å²) in [6, 6.07) is 0.206. The Morgan fingerprint density at radius 3 is 2.86 bits per heavy atom. The first-order valence-corrected chi connectivity index (χ1v) is 5.30. The fourth-order valence-corrected chi connectivity index (χ4v) is 1.72. The summed E-state index contributed by atoms with van der Waals surface area (Å²) in [4.78, 5) is 2.13. The van der Waals surface area contributed by atoms with E-state index in [9.17, 15) is 5.11 Å². The van der Waals surface area contributed by atoms with E-state index in [4.69, 9.17) is 4.74 Å². The number of rotatable bonds is 6. The van der Waals surface area contributed by atoms with E-state index < -0.39 is 0 Å². The number of nitrogens with zero attached hydrogens (tertiary/aromatic N) is 1. The highest BCUT2D eigenvalue weighted by molar-refractivity contribution is 4.78. The largest absolute Gasteiger partial charge is 0.395 e. The Labute approximate surface area is 86.2 Å². The summed E-state index contributed by atoms with van der Waals surface area (Å²) in [5.41, 5.74) is 0. The second-order valence-corrected chi connectivity index (χ2v) is 4.17. The van der Waals surface area contributed by atoms with Crippen molar-refractivity contribution in [3.8, 4) is 0 Å². The van der Waals surface area contributed by atoms with Crippen molar-refractivity contribution < 1.29 is 9.84 Å². The van der Waals surface area contributed by atoms with Crippen LogP contribution in [0.5, 0.6) is 0 Å². The van der Waals surface area contributed by atoms with Crippen LogP contribution in [-0.4, -0.2) is 63.1 Å². The molecule has 0 spiro atoms. The van der Waals surface area contributed by atoms with Gasteiger partial charge in [0.1, 0.15) is 0 Å². The van der Waals surface area contributed by atoms with E-state index in [1.54, 1.807) is 0 Å². The number of aliphatic hydroxyl groups excluding tert-OH is 1. The molecule has 4 nitrogen and oxygen atoms in total. The maximum absolute atomic E-state index is 9.22. The molecule has 0 aromatic carbocycles. The third-order valence-electron chi connectivity index (χ3n) is 2.70. The van der Waals surface area contributed by atoms with Crippen LogP contribution in [0.3, 0.4) is 0 Å².